The van der Waals surface area contributed by atoms with E-state index in [0.29, 0.717) is 19.0 Å². The second-order valence-corrected chi connectivity index (χ2v) is 3.71. The smallest absolute Gasteiger partial charge is 0.302 e. The lowest BCUT2D eigenvalue weighted by atomic mass is 10.3. The zero-order chi connectivity index (χ0) is 9.42. The summed E-state index contributed by atoms with van der Waals surface area (Å²) in [7, 11) is 0. The maximum atomic E-state index is 11.4. The zero-order valence-electron chi connectivity index (χ0n) is 7.66. The summed E-state index contributed by atoms with van der Waals surface area (Å²) in [4.78, 5) is 23.9. The zero-order valence-corrected chi connectivity index (χ0v) is 7.66. The highest BCUT2D eigenvalue weighted by molar-refractivity contribution is 5.80. The van der Waals surface area contributed by atoms with E-state index in [4.69, 9.17) is 4.74 Å². The van der Waals surface area contributed by atoms with Crippen molar-refractivity contribution in [1.82, 2.24) is 4.90 Å². The second kappa shape index (κ2) is 3.01. The number of hydrogen-bond acceptors (Lipinski definition) is 3. The summed E-state index contributed by atoms with van der Waals surface area (Å²) in [5.74, 6) is -0.163. The standard InChI is InChI=1S/C9H13NO3/c1-6(11)13-8-4-9(12)10(5-8)7-2-3-7/h7-8H,2-5H2,1H3. The first-order chi connectivity index (χ1) is 6.16. The topological polar surface area (TPSA) is 46.6 Å². The Morgan fingerprint density at radius 1 is 1.54 bits per heavy atom. The van der Waals surface area contributed by atoms with E-state index in [1.54, 1.807) is 0 Å². The molecule has 4 heteroatoms. The number of esters is 1. The van der Waals surface area contributed by atoms with E-state index in [0.717, 1.165) is 12.8 Å². The minimum Gasteiger partial charge on any atom is -0.460 e. The van der Waals surface area contributed by atoms with Gasteiger partial charge in [-0.2, -0.15) is 0 Å². The van der Waals surface area contributed by atoms with Crippen molar-refractivity contribution in [3.05, 3.63) is 0 Å². The van der Waals surface area contributed by atoms with Crippen LogP contribution in [0.4, 0.5) is 0 Å². The van der Waals surface area contributed by atoms with Crippen LogP contribution in [0, 0.1) is 0 Å². The van der Waals surface area contributed by atoms with Crippen LogP contribution in [-0.4, -0.2) is 35.5 Å². The Kier molecular flexibility index (Phi) is 1.98. The Morgan fingerprint density at radius 2 is 2.23 bits per heavy atom. The molecular weight excluding hydrogens is 170 g/mol. The maximum Gasteiger partial charge on any atom is 0.302 e. The van der Waals surface area contributed by atoms with Crippen LogP contribution in [0.15, 0.2) is 0 Å². The van der Waals surface area contributed by atoms with Crippen molar-refractivity contribution in [1.29, 1.82) is 0 Å². The molecule has 0 spiro atoms. The van der Waals surface area contributed by atoms with Gasteiger partial charge in [0.15, 0.2) is 0 Å². The van der Waals surface area contributed by atoms with E-state index in [-0.39, 0.29) is 18.0 Å². The predicted octanol–water partition coefficient (Wildman–Crippen LogP) is 0.313. The van der Waals surface area contributed by atoms with Crippen LogP contribution in [0.5, 0.6) is 0 Å². The highest BCUT2D eigenvalue weighted by atomic mass is 16.5. The van der Waals surface area contributed by atoms with Gasteiger partial charge < -0.3 is 9.64 Å². The van der Waals surface area contributed by atoms with Gasteiger partial charge in [-0.15, -0.1) is 0 Å². The van der Waals surface area contributed by atoms with Crippen LogP contribution >= 0.6 is 0 Å². The second-order valence-electron chi connectivity index (χ2n) is 3.71. The van der Waals surface area contributed by atoms with Gasteiger partial charge in [0.25, 0.3) is 0 Å². The van der Waals surface area contributed by atoms with E-state index in [1.165, 1.54) is 6.92 Å². The molecule has 1 aliphatic heterocycles. The largest absolute Gasteiger partial charge is 0.460 e. The monoisotopic (exact) mass is 183 g/mol. The number of carbonyl (C=O) groups is 2. The molecule has 1 heterocycles. The van der Waals surface area contributed by atoms with Crippen molar-refractivity contribution in [2.45, 2.75) is 38.3 Å². The highest BCUT2D eigenvalue weighted by Gasteiger charge is 2.40. The highest BCUT2D eigenvalue weighted by Crippen LogP contribution is 2.31. The average Bonchev–Trinajstić information content (AvgIpc) is 2.77. The quantitative estimate of drug-likeness (QED) is 0.579. The summed E-state index contributed by atoms with van der Waals surface area (Å²) < 4.78 is 4.99. The first kappa shape index (κ1) is 8.53. The van der Waals surface area contributed by atoms with Gasteiger partial charge in [-0.05, 0) is 12.8 Å². The normalized spacial score (nSPS) is 27.9. The number of hydrogen-bond donors (Lipinski definition) is 0. The molecule has 1 saturated heterocycles. The van der Waals surface area contributed by atoms with Crippen LogP contribution in [0.1, 0.15) is 26.2 Å². The lowest BCUT2D eigenvalue weighted by molar-refractivity contribution is -0.145. The van der Waals surface area contributed by atoms with E-state index in [1.807, 2.05) is 4.90 Å². The first-order valence-electron chi connectivity index (χ1n) is 4.63. The molecule has 0 N–H and O–H groups in total. The number of amides is 1. The van der Waals surface area contributed by atoms with Gasteiger partial charge in [-0.3, -0.25) is 9.59 Å². The van der Waals surface area contributed by atoms with Crippen molar-refractivity contribution in [3.63, 3.8) is 0 Å². The predicted molar refractivity (Wildman–Crippen MR) is 44.9 cm³/mol. The molecule has 1 saturated carbocycles. The molecule has 72 valence electrons. The van der Waals surface area contributed by atoms with Gasteiger partial charge in [0.05, 0.1) is 13.0 Å². The van der Waals surface area contributed by atoms with Gasteiger partial charge in [-0.1, -0.05) is 0 Å². The summed E-state index contributed by atoms with van der Waals surface area (Å²) in [6.45, 7) is 1.98. The van der Waals surface area contributed by atoms with Crippen molar-refractivity contribution >= 4 is 11.9 Å². The number of carbonyl (C=O) groups excluding carboxylic acids is 2. The molecule has 0 aromatic rings. The minimum absolute atomic E-state index is 0.133. The number of nitrogens with zero attached hydrogens (tertiary/aromatic N) is 1. The van der Waals surface area contributed by atoms with Crippen LogP contribution < -0.4 is 0 Å². The van der Waals surface area contributed by atoms with Gasteiger partial charge in [0.2, 0.25) is 5.91 Å². The number of ether oxygens (including phenoxy) is 1. The van der Waals surface area contributed by atoms with Crippen LogP contribution in [0.3, 0.4) is 0 Å². The lowest BCUT2D eigenvalue weighted by Gasteiger charge is -2.14. The molecule has 13 heavy (non-hydrogen) atoms. The third-order valence-corrected chi connectivity index (χ3v) is 2.44. The summed E-state index contributed by atoms with van der Waals surface area (Å²) in [6.07, 6.45) is 2.39. The Balaban J connectivity index is 1.90. The van der Waals surface area contributed by atoms with Gasteiger partial charge in [0, 0.05) is 13.0 Å². The van der Waals surface area contributed by atoms with Crippen LogP contribution in [-0.2, 0) is 14.3 Å². The SMILES string of the molecule is CC(=O)OC1CC(=O)N(C2CC2)C1. The molecule has 1 atom stereocenters. The van der Waals surface area contributed by atoms with Gasteiger partial charge in [0.1, 0.15) is 6.10 Å². The number of rotatable bonds is 2. The molecule has 0 aromatic carbocycles. The summed E-state index contributed by atoms with van der Waals surface area (Å²) in [5.41, 5.74) is 0. The van der Waals surface area contributed by atoms with Gasteiger partial charge in [-0.25, -0.2) is 0 Å². The Labute approximate surface area is 76.8 Å². The molecule has 2 aliphatic rings. The molecule has 4 nitrogen and oxygen atoms in total. The van der Waals surface area contributed by atoms with E-state index in [2.05, 4.69) is 0 Å². The fraction of sp³-hybridized carbons (Fsp3) is 0.778. The van der Waals surface area contributed by atoms with Gasteiger partial charge >= 0.3 is 5.97 Å². The Hall–Kier alpha value is -1.06. The molecule has 1 unspecified atom stereocenters. The summed E-state index contributed by atoms with van der Waals surface area (Å²) in [6, 6.07) is 0.438. The van der Waals surface area contributed by atoms with Crippen molar-refractivity contribution in [3.8, 4) is 0 Å². The van der Waals surface area contributed by atoms with Crippen LogP contribution in [0.2, 0.25) is 0 Å². The lowest BCUT2D eigenvalue weighted by Crippen LogP contribution is -2.28. The molecule has 0 bridgehead atoms. The Bertz CT molecular complexity index is 247. The molecule has 2 fully saturated rings. The van der Waals surface area contributed by atoms with Crippen LogP contribution in [0.25, 0.3) is 0 Å². The third kappa shape index (κ3) is 1.82. The Morgan fingerprint density at radius 3 is 2.77 bits per heavy atom. The maximum absolute atomic E-state index is 11.4. The van der Waals surface area contributed by atoms with E-state index >= 15 is 0 Å². The molecule has 0 radical (unpaired) electrons. The first-order valence-corrected chi connectivity index (χ1v) is 4.63. The molecule has 0 aromatic heterocycles. The molecular formula is C9H13NO3. The van der Waals surface area contributed by atoms with Crippen molar-refractivity contribution < 1.29 is 14.3 Å². The summed E-state index contributed by atoms with van der Waals surface area (Å²) in [5, 5.41) is 0. The minimum atomic E-state index is -0.296. The third-order valence-electron chi connectivity index (χ3n) is 2.44. The fourth-order valence-electron chi connectivity index (χ4n) is 1.75. The van der Waals surface area contributed by atoms with Crippen molar-refractivity contribution in [2.75, 3.05) is 6.54 Å². The molecule has 1 aliphatic carbocycles. The fourth-order valence-corrected chi connectivity index (χ4v) is 1.75. The summed E-state index contributed by atoms with van der Waals surface area (Å²) >= 11 is 0. The number of likely N-dealkylation sites (tertiary alicyclic amines) is 1. The average molecular weight is 183 g/mol. The molecule has 1 amide bonds. The van der Waals surface area contributed by atoms with E-state index in [9.17, 15) is 9.59 Å². The molecule has 2 rings (SSSR count). The van der Waals surface area contributed by atoms with Crippen molar-refractivity contribution in [2.24, 2.45) is 0 Å². The van der Waals surface area contributed by atoms with E-state index < -0.39 is 0 Å².